The number of ketones is 1. The summed E-state index contributed by atoms with van der Waals surface area (Å²) in [6, 6.07) is 6.52. The van der Waals surface area contributed by atoms with E-state index in [0.29, 0.717) is 92.6 Å². The Morgan fingerprint density at radius 3 is 1.27 bits per heavy atom. The van der Waals surface area contributed by atoms with Crippen molar-refractivity contribution >= 4 is 121 Å². The third-order valence-electron chi connectivity index (χ3n) is 22.6. The van der Waals surface area contributed by atoms with Gasteiger partial charge in [-0.2, -0.15) is 0 Å². The van der Waals surface area contributed by atoms with Gasteiger partial charge in [-0.3, -0.25) is 38.5 Å². The Morgan fingerprint density at radius 2 is 0.910 bits per heavy atom. The van der Waals surface area contributed by atoms with Crippen molar-refractivity contribution in [3.8, 4) is 31.7 Å². The minimum atomic E-state index is -2.05. The average Bonchev–Trinajstić information content (AvgIpc) is 1.51. The van der Waals surface area contributed by atoms with Crippen LogP contribution < -0.4 is 21.3 Å². The van der Waals surface area contributed by atoms with Crippen LogP contribution in [0.15, 0.2) is 18.2 Å². The van der Waals surface area contributed by atoms with Crippen LogP contribution in [0.3, 0.4) is 0 Å². The molecule has 2 unspecified atom stereocenters. The first-order valence-corrected chi connectivity index (χ1v) is 50.8. The molecule has 0 aromatic carbocycles. The Morgan fingerprint density at radius 1 is 0.541 bits per heavy atom. The molecular formula is C82H117ClN14O10S3Sn. The molecule has 24 nitrogen and oxygen atoms in total. The van der Waals surface area contributed by atoms with E-state index in [1.807, 2.05) is 47.6 Å². The molecule has 0 bridgehead atoms. The van der Waals surface area contributed by atoms with Crippen LogP contribution in [0.2, 0.25) is 18.5 Å². The van der Waals surface area contributed by atoms with Crippen molar-refractivity contribution in [3.05, 3.63) is 85.2 Å². The molecule has 5 fully saturated rings. The number of halogens is 1. The number of nitrogens with zero attached hydrogens (tertiary/aromatic N) is 10. The second-order valence-electron chi connectivity index (χ2n) is 31.0. The number of anilines is 3. The van der Waals surface area contributed by atoms with Crippen molar-refractivity contribution < 1.29 is 47.8 Å². The van der Waals surface area contributed by atoms with E-state index in [1.54, 1.807) is 13.3 Å². The van der Waals surface area contributed by atoms with E-state index in [0.717, 1.165) is 124 Å². The zero-order valence-corrected chi connectivity index (χ0v) is 74.2. The van der Waals surface area contributed by atoms with E-state index < -0.39 is 18.4 Å². The molecule has 2 saturated heterocycles. The number of aryl methyl sites for hydroxylation is 3. The van der Waals surface area contributed by atoms with Gasteiger partial charge in [0.1, 0.15) is 10.8 Å². The summed E-state index contributed by atoms with van der Waals surface area (Å²) in [7, 11) is 0. The third-order valence-corrected chi connectivity index (χ3v) is 43.1. The van der Waals surface area contributed by atoms with Crippen LogP contribution in [0, 0.1) is 38.5 Å². The van der Waals surface area contributed by atoms with E-state index in [9.17, 15) is 33.6 Å². The quantitative estimate of drug-likeness (QED) is 0.0212. The van der Waals surface area contributed by atoms with Gasteiger partial charge in [-0.25, -0.2) is 29.9 Å². The number of amides is 6. The number of ether oxygens (including phenoxy) is 3. The molecule has 111 heavy (non-hydrogen) atoms. The predicted octanol–water partition coefficient (Wildman–Crippen LogP) is 16.3. The summed E-state index contributed by atoms with van der Waals surface area (Å²) in [6.45, 7) is 41.0. The monoisotopic (exact) mass is 1710 g/mol. The topological polar surface area (TPSA) is 286 Å². The van der Waals surface area contributed by atoms with Crippen molar-refractivity contribution in [1.29, 1.82) is 0 Å². The number of pyridine rings is 3. The van der Waals surface area contributed by atoms with E-state index in [1.165, 1.54) is 126 Å². The average molecular weight is 1710 g/mol. The number of unbranched alkanes of at least 4 members (excludes halogenated alkanes) is 3. The van der Waals surface area contributed by atoms with Gasteiger partial charge >= 0.3 is 120 Å². The molecule has 8 aliphatic rings. The fraction of sp³-hybridized carbons (Fsp3) is 0.622. The molecular weight excluding hydrogens is 1590 g/mol. The molecule has 0 radical (unpaired) electrons. The Kier molecular flexibility index (Phi) is 31.3. The maximum absolute atomic E-state index is 13.6. The number of fused-ring (bicyclic) bond motifs is 3. The molecule has 3 aliphatic carbocycles. The predicted molar refractivity (Wildman–Crippen MR) is 445 cm³/mol. The van der Waals surface area contributed by atoms with E-state index in [4.69, 9.17) is 30.8 Å². The first-order valence-electron chi connectivity index (χ1n) is 40.3. The fourth-order valence-corrected chi connectivity index (χ4v) is 35.0. The number of hydrogen-bond acceptors (Lipinski definition) is 21. The molecule has 3 saturated carbocycles. The molecule has 5 aliphatic heterocycles. The molecule has 0 spiro atoms. The molecule has 14 rings (SSSR count). The van der Waals surface area contributed by atoms with Crippen LogP contribution in [-0.4, -0.2) is 191 Å². The number of hydrogen-bond donors (Lipinski definition) is 4. The van der Waals surface area contributed by atoms with Crippen molar-refractivity contribution in [2.24, 2.45) is 17.8 Å². The van der Waals surface area contributed by atoms with E-state index in [-0.39, 0.29) is 76.2 Å². The van der Waals surface area contributed by atoms with E-state index >= 15 is 0 Å². The van der Waals surface area contributed by atoms with Gasteiger partial charge in [0.15, 0.2) is 21.2 Å². The molecule has 6 amide bonds. The number of carbonyl (C=O) groups excluding carboxylic acids is 7. The molecule has 11 heterocycles. The van der Waals surface area contributed by atoms with Gasteiger partial charge in [0, 0.05) is 91.6 Å². The van der Waals surface area contributed by atoms with Gasteiger partial charge in [0.05, 0.1) is 104 Å². The van der Waals surface area contributed by atoms with Crippen LogP contribution in [0.25, 0.3) is 31.7 Å². The van der Waals surface area contributed by atoms with Crippen LogP contribution in [0.5, 0.6) is 0 Å². The zero-order chi connectivity index (χ0) is 80.1. The maximum atomic E-state index is 13.6. The van der Waals surface area contributed by atoms with Crippen molar-refractivity contribution in [2.45, 2.75) is 249 Å². The number of carbonyl (C=O) groups is 7. The molecule has 4 N–H and O–H groups in total. The number of thiazole rings is 3. The summed E-state index contributed by atoms with van der Waals surface area (Å²) in [6.07, 6.45) is 15.5. The summed E-state index contributed by atoms with van der Waals surface area (Å²) in [5.41, 5.74) is 10.0. The number of nitrogens with one attached hydrogen (secondary N) is 4. The van der Waals surface area contributed by atoms with Crippen LogP contribution in [-0.2, 0) is 48.2 Å². The molecule has 6 aromatic heterocycles. The third kappa shape index (κ3) is 22.0. The van der Waals surface area contributed by atoms with Crippen molar-refractivity contribution in [3.63, 3.8) is 0 Å². The summed E-state index contributed by atoms with van der Waals surface area (Å²) < 4.78 is 22.0. The van der Waals surface area contributed by atoms with Gasteiger partial charge in [0.25, 0.3) is 17.7 Å². The molecule has 604 valence electrons. The Balaban J connectivity index is 0.000000156. The summed E-state index contributed by atoms with van der Waals surface area (Å²) >= 11 is 8.43. The number of morpholine rings is 2. The van der Waals surface area contributed by atoms with Gasteiger partial charge in [0.2, 0.25) is 17.7 Å². The van der Waals surface area contributed by atoms with Crippen LogP contribution in [0.1, 0.15) is 254 Å². The van der Waals surface area contributed by atoms with Gasteiger partial charge in [-0.05, 0) is 140 Å². The van der Waals surface area contributed by atoms with E-state index in [2.05, 4.69) is 119 Å². The molecule has 29 heteroatoms. The number of aromatic nitrogens is 6. The zero-order valence-electron chi connectivity index (χ0n) is 68.1. The minimum absolute atomic E-state index is 0.00535. The SMILES string of the molecule is C1COCCN1.CC(=O)Nc1nc(C)c(-c2cc3c(c(C(C)=O)n2)C(=O)N([C@@H](C)C2CC2)C3)s1.CC(=O)Nc1nc(C)c(-c2cc3c(c(C(C)N4CCOCC4)n2)C(=O)N([C@@H](C)C2CC2)C3)s1.CC(=O)Nc1nc(C)c(-c2cc3c(c(Cl)n2)C(=O)N([C@@H](C)C2CC2)C3)s1.CCC[CH2][Sn]([CH2]CCC)([CH2]CCC)[CH](C)OCC. The first-order chi connectivity index (χ1) is 53.1. The molecule has 5 atom stereocenters. The first kappa shape index (κ1) is 87.1. The summed E-state index contributed by atoms with van der Waals surface area (Å²) in [4.78, 5) is 124. The normalized spacial score (nSPS) is 18.0. The van der Waals surface area contributed by atoms with Gasteiger partial charge in [-0.15, -0.1) is 0 Å². The number of Topliss-reactive ketones (excluding diaryl/α,β-unsaturated/α-hetero) is 1. The Bertz CT molecular complexity index is 4270. The van der Waals surface area contributed by atoms with Gasteiger partial charge in [-0.1, -0.05) is 45.6 Å². The number of rotatable bonds is 27. The second kappa shape index (κ2) is 39.8. The fourth-order valence-electron chi connectivity index (χ4n) is 15.6. The second-order valence-corrected chi connectivity index (χ2v) is 48.8. The summed E-state index contributed by atoms with van der Waals surface area (Å²) in [5.74, 6) is 1.02. The Labute approximate surface area is 677 Å². The van der Waals surface area contributed by atoms with Crippen molar-refractivity contribution in [2.75, 3.05) is 75.2 Å². The van der Waals surface area contributed by atoms with Crippen LogP contribution >= 0.6 is 45.6 Å². The Hall–Kier alpha value is -6.28. The van der Waals surface area contributed by atoms with Crippen molar-refractivity contribution in [1.82, 2.24) is 54.8 Å². The van der Waals surface area contributed by atoms with Crippen LogP contribution in [0.4, 0.5) is 15.4 Å². The van der Waals surface area contributed by atoms with Gasteiger partial charge < -0.3 is 45.4 Å². The molecule has 6 aromatic rings. The standard InChI is InChI=1S/C24H31N5O3S.C20H22N4O3S.C18H19ClN4O2S.C4H9NO.C4H9O.3C4H9.Sn/c1-13-22(33-24(25-13)26-16(4)30)19-11-18-12-29(14(2)17-5-6-17)23(31)20(18)21(27-19)15(3)28-7-9-32-10-8-28;1-9-18(28-20(21-9)22-12(4)26)15-7-14-8-24(10(2)13-5-6-13)19(27)16(14)17(23-15)11(3)25;1-8-15(26-18(20-8)21-10(3)24)13-6-12-7-23(9(2)11-4-5-11)17(25)14(12)16(19)22-13;1-3-6-4-2-5-1;1-3-5-4-2;3*1-3-4-2;/h11,14-15,17H,5-10,12H2,1-4H3,(H,25,26,30);7,10,13H,5-6,8H2,1-4H3,(H,21,22,26);6,9,11H,4-5,7H2,1-3H3,(H,20,21,24);5H,1-4H2;3H,4H2,1-2H3;3*1,3-4H2,2H3;/t14-,15?;10-;9-;;;;;;/m000....../s1. The summed E-state index contributed by atoms with van der Waals surface area (Å²) in [5, 5.41) is 13.2.